The van der Waals surface area contributed by atoms with Gasteiger partial charge in [-0.2, -0.15) is 5.10 Å². The zero-order valence-corrected chi connectivity index (χ0v) is 12.9. The van der Waals surface area contributed by atoms with E-state index in [0.29, 0.717) is 6.04 Å². The fraction of sp³-hybridized carbons (Fsp3) is 0.438. The van der Waals surface area contributed by atoms with Crippen molar-refractivity contribution < 1.29 is 4.74 Å². The third kappa shape index (κ3) is 3.13. The number of ether oxygens (including phenoxy) is 1. The number of nitrogens with zero attached hydrogens (tertiary/aromatic N) is 2. The summed E-state index contributed by atoms with van der Waals surface area (Å²) >= 11 is 0. The molecule has 1 aromatic carbocycles. The number of hydrogen-bond acceptors (Lipinski definition) is 3. The lowest BCUT2D eigenvalue weighted by Gasteiger charge is -2.09. The van der Waals surface area contributed by atoms with Crippen molar-refractivity contribution in [3.05, 3.63) is 41.2 Å². The molecule has 4 heteroatoms. The molecule has 0 aliphatic rings. The van der Waals surface area contributed by atoms with E-state index in [0.717, 1.165) is 29.2 Å². The molecule has 1 heterocycles. The van der Waals surface area contributed by atoms with Gasteiger partial charge in [0, 0.05) is 18.8 Å². The highest BCUT2D eigenvalue weighted by Crippen LogP contribution is 2.20. The zero-order valence-electron chi connectivity index (χ0n) is 12.9. The third-order valence-electron chi connectivity index (χ3n) is 3.39. The quantitative estimate of drug-likeness (QED) is 0.902. The van der Waals surface area contributed by atoms with Crippen molar-refractivity contribution in [2.75, 3.05) is 12.4 Å². The van der Waals surface area contributed by atoms with Crippen molar-refractivity contribution in [3.8, 4) is 5.75 Å². The van der Waals surface area contributed by atoms with Gasteiger partial charge in [0.15, 0.2) is 0 Å². The molecule has 0 radical (unpaired) electrons. The minimum Gasteiger partial charge on any atom is -0.496 e. The highest BCUT2D eigenvalue weighted by atomic mass is 16.5. The Labute approximate surface area is 120 Å². The fourth-order valence-electron chi connectivity index (χ4n) is 2.17. The molecule has 0 fully saturated rings. The number of aryl methyl sites for hydroxylation is 2. The van der Waals surface area contributed by atoms with Crippen LogP contribution < -0.4 is 10.1 Å². The van der Waals surface area contributed by atoms with Gasteiger partial charge in [0.25, 0.3) is 0 Å². The number of rotatable bonds is 5. The molecule has 1 aromatic heterocycles. The lowest BCUT2D eigenvalue weighted by Crippen LogP contribution is -2.01. The average Bonchev–Trinajstić information content (AvgIpc) is 2.78. The van der Waals surface area contributed by atoms with E-state index in [9.17, 15) is 0 Å². The average molecular weight is 273 g/mol. The number of benzene rings is 1. The van der Waals surface area contributed by atoms with Crippen LogP contribution in [0.15, 0.2) is 24.4 Å². The van der Waals surface area contributed by atoms with Gasteiger partial charge in [0.1, 0.15) is 5.75 Å². The second kappa shape index (κ2) is 5.99. The van der Waals surface area contributed by atoms with Crippen LogP contribution in [0.3, 0.4) is 0 Å². The van der Waals surface area contributed by atoms with Crippen LogP contribution in [-0.2, 0) is 6.54 Å². The largest absolute Gasteiger partial charge is 0.496 e. The lowest BCUT2D eigenvalue weighted by molar-refractivity contribution is 0.411. The summed E-state index contributed by atoms with van der Waals surface area (Å²) in [4.78, 5) is 0. The van der Waals surface area contributed by atoms with Crippen molar-refractivity contribution in [1.29, 1.82) is 0 Å². The van der Waals surface area contributed by atoms with Crippen LogP contribution >= 0.6 is 0 Å². The molecule has 0 bridgehead atoms. The standard InChI is InChI=1S/C16H23N3O/c1-11(2)19-10-15(13(4)18-19)17-9-14-6-7-16(20-5)12(3)8-14/h6-8,10-11,17H,9H2,1-5H3. The SMILES string of the molecule is COc1ccc(CNc2cn(C(C)C)nc2C)cc1C. The summed E-state index contributed by atoms with van der Waals surface area (Å²) < 4.78 is 7.26. The Morgan fingerprint density at radius 2 is 2.05 bits per heavy atom. The molecular weight excluding hydrogens is 250 g/mol. The first-order chi connectivity index (χ1) is 9.51. The van der Waals surface area contributed by atoms with Crippen LogP contribution in [0.5, 0.6) is 5.75 Å². The van der Waals surface area contributed by atoms with E-state index < -0.39 is 0 Å². The summed E-state index contributed by atoms with van der Waals surface area (Å²) in [6.07, 6.45) is 2.07. The monoisotopic (exact) mass is 273 g/mol. The smallest absolute Gasteiger partial charge is 0.121 e. The molecular formula is C16H23N3O. The van der Waals surface area contributed by atoms with E-state index >= 15 is 0 Å². The van der Waals surface area contributed by atoms with Gasteiger partial charge in [-0.15, -0.1) is 0 Å². The zero-order chi connectivity index (χ0) is 14.7. The van der Waals surface area contributed by atoms with E-state index in [1.165, 1.54) is 5.56 Å². The highest BCUT2D eigenvalue weighted by molar-refractivity contribution is 5.47. The van der Waals surface area contributed by atoms with Gasteiger partial charge in [-0.3, -0.25) is 4.68 Å². The first-order valence-corrected chi connectivity index (χ1v) is 6.94. The Hall–Kier alpha value is -1.97. The van der Waals surface area contributed by atoms with E-state index in [1.54, 1.807) is 7.11 Å². The molecule has 4 nitrogen and oxygen atoms in total. The fourth-order valence-corrected chi connectivity index (χ4v) is 2.17. The van der Waals surface area contributed by atoms with Crippen molar-refractivity contribution in [2.24, 2.45) is 0 Å². The van der Waals surface area contributed by atoms with Crippen LogP contribution in [0.4, 0.5) is 5.69 Å². The minimum atomic E-state index is 0.382. The topological polar surface area (TPSA) is 39.1 Å². The van der Waals surface area contributed by atoms with Crippen molar-refractivity contribution in [2.45, 2.75) is 40.3 Å². The number of aromatic nitrogens is 2. The molecule has 2 aromatic rings. The number of nitrogens with one attached hydrogen (secondary N) is 1. The predicted molar refractivity (Wildman–Crippen MR) is 82.4 cm³/mol. The highest BCUT2D eigenvalue weighted by Gasteiger charge is 2.07. The number of anilines is 1. The van der Waals surface area contributed by atoms with Crippen molar-refractivity contribution >= 4 is 5.69 Å². The second-order valence-corrected chi connectivity index (χ2v) is 5.36. The lowest BCUT2D eigenvalue weighted by atomic mass is 10.1. The first kappa shape index (κ1) is 14.4. The Bertz CT molecular complexity index is 587. The molecule has 0 spiro atoms. The third-order valence-corrected chi connectivity index (χ3v) is 3.39. The molecule has 0 atom stereocenters. The Kier molecular flexibility index (Phi) is 4.32. The summed E-state index contributed by atoms with van der Waals surface area (Å²) in [5.41, 5.74) is 4.51. The molecule has 1 N–H and O–H groups in total. The van der Waals surface area contributed by atoms with Gasteiger partial charge < -0.3 is 10.1 Å². The first-order valence-electron chi connectivity index (χ1n) is 6.94. The molecule has 0 amide bonds. The molecule has 0 unspecified atom stereocenters. The van der Waals surface area contributed by atoms with Crippen LogP contribution in [-0.4, -0.2) is 16.9 Å². The van der Waals surface area contributed by atoms with Crippen LogP contribution in [0.25, 0.3) is 0 Å². The maximum atomic E-state index is 5.28. The number of methoxy groups -OCH3 is 1. The molecule has 0 saturated carbocycles. The summed E-state index contributed by atoms with van der Waals surface area (Å²) in [6, 6.07) is 6.62. The normalized spacial score (nSPS) is 10.9. The van der Waals surface area contributed by atoms with Crippen molar-refractivity contribution in [1.82, 2.24) is 9.78 Å². The maximum Gasteiger partial charge on any atom is 0.121 e. The van der Waals surface area contributed by atoms with E-state index in [2.05, 4.69) is 49.5 Å². The van der Waals surface area contributed by atoms with Gasteiger partial charge in [-0.05, 0) is 44.9 Å². The van der Waals surface area contributed by atoms with Crippen LogP contribution in [0, 0.1) is 13.8 Å². The second-order valence-electron chi connectivity index (χ2n) is 5.36. The predicted octanol–water partition coefficient (Wildman–Crippen LogP) is 3.70. The Morgan fingerprint density at radius 1 is 1.30 bits per heavy atom. The molecule has 108 valence electrons. The summed E-state index contributed by atoms with van der Waals surface area (Å²) in [7, 11) is 1.70. The number of hydrogen-bond donors (Lipinski definition) is 1. The Morgan fingerprint density at radius 3 is 2.60 bits per heavy atom. The maximum absolute atomic E-state index is 5.28. The van der Waals surface area contributed by atoms with Crippen LogP contribution in [0.2, 0.25) is 0 Å². The molecule has 0 aliphatic heterocycles. The van der Waals surface area contributed by atoms with Gasteiger partial charge >= 0.3 is 0 Å². The van der Waals surface area contributed by atoms with Gasteiger partial charge in [0.2, 0.25) is 0 Å². The summed E-state index contributed by atoms with van der Waals surface area (Å²) in [5.74, 6) is 0.928. The van der Waals surface area contributed by atoms with Gasteiger partial charge in [-0.1, -0.05) is 12.1 Å². The molecule has 20 heavy (non-hydrogen) atoms. The van der Waals surface area contributed by atoms with E-state index in [-0.39, 0.29) is 0 Å². The summed E-state index contributed by atoms with van der Waals surface area (Å²) in [5, 5.41) is 7.95. The van der Waals surface area contributed by atoms with Gasteiger partial charge in [-0.25, -0.2) is 0 Å². The van der Waals surface area contributed by atoms with E-state index in [1.807, 2.05) is 17.7 Å². The summed E-state index contributed by atoms with van der Waals surface area (Å²) in [6.45, 7) is 9.13. The Balaban J connectivity index is 2.07. The van der Waals surface area contributed by atoms with Gasteiger partial charge in [0.05, 0.1) is 18.5 Å². The minimum absolute atomic E-state index is 0.382. The molecule has 2 rings (SSSR count). The molecule has 0 saturated heterocycles. The molecule has 0 aliphatic carbocycles. The van der Waals surface area contributed by atoms with Crippen LogP contribution in [0.1, 0.15) is 36.7 Å². The van der Waals surface area contributed by atoms with Crippen molar-refractivity contribution in [3.63, 3.8) is 0 Å². The van der Waals surface area contributed by atoms with E-state index in [4.69, 9.17) is 4.74 Å².